The third-order valence-electron chi connectivity index (χ3n) is 6.02. The number of amides is 1. The van der Waals surface area contributed by atoms with Gasteiger partial charge in [0, 0.05) is 31.7 Å². The topological polar surface area (TPSA) is 66.9 Å². The molecule has 162 valence electrons. The van der Waals surface area contributed by atoms with Crippen LogP contribution in [0.1, 0.15) is 27.8 Å². The molecule has 0 bridgehead atoms. The molecule has 0 atom stereocenters. The fourth-order valence-corrected chi connectivity index (χ4v) is 6.00. The normalized spacial score (nSPS) is 15.3. The van der Waals surface area contributed by atoms with E-state index in [1.165, 1.54) is 4.31 Å². The maximum atomic E-state index is 13.4. The third kappa shape index (κ3) is 4.23. The van der Waals surface area contributed by atoms with Gasteiger partial charge in [-0.05, 0) is 56.0 Å². The van der Waals surface area contributed by atoms with Crippen molar-refractivity contribution in [3.05, 3.63) is 58.1 Å². The summed E-state index contributed by atoms with van der Waals surface area (Å²) in [7, 11) is -2.02. The molecule has 0 radical (unpaired) electrons. The summed E-state index contributed by atoms with van der Waals surface area (Å²) in [6.45, 7) is 8.97. The number of piperazine rings is 1. The van der Waals surface area contributed by atoms with Crippen molar-refractivity contribution in [3.8, 4) is 5.75 Å². The molecule has 1 aliphatic rings. The van der Waals surface area contributed by atoms with E-state index < -0.39 is 10.0 Å². The van der Waals surface area contributed by atoms with Crippen LogP contribution in [-0.2, 0) is 21.2 Å². The summed E-state index contributed by atoms with van der Waals surface area (Å²) < 4.78 is 33.6. The predicted octanol–water partition coefficient (Wildman–Crippen LogP) is 3.00. The SMILES string of the molecule is COc1ccccc1CC(=O)N1CCN(S(=O)(=O)c2c(C)c(C)cc(C)c2C)CC1. The fraction of sp³-hybridized carbons (Fsp3) is 0.435. The summed E-state index contributed by atoms with van der Waals surface area (Å²) in [5.74, 6) is 0.670. The monoisotopic (exact) mass is 430 g/mol. The molecule has 3 rings (SSSR count). The van der Waals surface area contributed by atoms with Crippen LogP contribution in [0.25, 0.3) is 0 Å². The number of rotatable bonds is 5. The second kappa shape index (κ2) is 8.78. The number of sulfonamides is 1. The van der Waals surface area contributed by atoms with E-state index in [9.17, 15) is 13.2 Å². The summed E-state index contributed by atoms with van der Waals surface area (Å²) in [4.78, 5) is 14.9. The van der Waals surface area contributed by atoms with Gasteiger partial charge < -0.3 is 9.64 Å². The number of carbonyl (C=O) groups excluding carboxylic acids is 1. The Morgan fingerprint density at radius 3 is 2.10 bits per heavy atom. The standard InChI is InChI=1S/C23H30N2O4S/c1-16-14-17(2)19(4)23(18(16)3)30(27,28)25-12-10-24(11-13-25)22(26)15-20-8-6-7-9-21(20)29-5/h6-9,14H,10-13,15H2,1-5H3. The van der Waals surface area contributed by atoms with E-state index >= 15 is 0 Å². The predicted molar refractivity (Wildman–Crippen MR) is 117 cm³/mol. The van der Waals surface area contributed by atoms with Gasteiger partial charge in [-0.3, -0.25) is 4.79 Å². The minimum atomic E-state index is -3.61. The zero-order chi connectivity index (χ0) is 22.1. The third-order valence-corrected chi connectivity index (χ3v) is 8.19. The van der Waals surface area contributed by atoms with E-state index in [4.69, 9.17) is 4.74 Å². The Hall–Kier alpha value is -2.38. The van der Waals surface area contributed by atoms with Crippen LogP contribution in [0.3, 0.4) is 0 Å². The van der Waals surface area contributed by atoms with E-state index in [2.05, 4.69) is 0 Å². The van der Waals surface area contributed by atoms with Gasteiger partial charge in [0.2, 0.25) is 15.9 Å². The second-order valence-corrected chi connectivity index (χ2v) is 9.74. The number of nitrogens with zero attached hydrogens (tertiary/aromatic N) is 2. The highest BCUT2D eigenvalue weighted by Gasteiger charge is 2.33. The molecule has 0 unspecified atom stereocenters. The number of carbonyl (C=O) groups is 1. The first-order valence-corrected chi connectivity index (χ1v) is 11.6. The van der Waals surface area contributed by atoms with Crippen LogP contribution < -0.4 is 4.74 Å². The van der Waals surface area contributed by atoms with Gasteiger partial charge in [0.15, 0.2) is 0 Å². The van der Waals surface area contributed by atoms with Crippen LogP contribution in [0.15, 0.2) is 35.2 Å². The zero-order valence-corrected chi connectivity index (χ0v) is 19.2. The molecule has 0 N–H and O–H groups in total. The van der Waals surface area contributed by atoms with Gasteiger partial charge in [-0.2, -0.15) is 4.31 Å². The number of aryl methyl sites for hydroxylation is 2. The highest BCUT2D eigenvalue weighted by molar-refractivity contribution is 7.89. The van der Waals surface area contributed by atoms with Gasteiger partial charge in [-0.15, -0.1) is 0 Å². The molecular formula is C23H30N2O4S. The van der Waals surface area contributed by atoms with Crippen LogP contribution in [0, 0.1) is 27.7 Å². The van der Waals surface area contributed by atoms with E-state index in [1.54, 1.807) is 12.0 Å². The highest BCUT2D eigenvalue weighted by atomic mass is 32.2. The summed E-state index contributed by atoms with van der Waals surface area (Å²) in [5.41, 5.74) is 4.38. The Kier molecular flexibility index (Phi) is 6.53. The molecular weight excluding hydrogens is 400 g/mol. The molecule has 1 aliphatic heterocycles. The lowest BCUT2D eigenvalue weighted by Crippen LogP contribution is -2.51. The molecule has 1 heterocycles. The summed E-state index contributed by atoms with van der Waals surface area (Å²) in [5, 5.41) is 0. The molecule has 0 aromatic heterocycles. The number of benzene rings is 2. The molecule has 1 amide bonds. The summed E-state index contributed by atoms with van der Waals surface area (Å²) >= 11 is 0. The van der Waals surface area contributed by atoms with Gasteiger partial charge in [0.05, 0.1) is 18.4 Å². The Bertz CT molecular complexity index is 1030. The van der Waals surface area contributed by atoms with Gasteiger partial charge >= 0.3 is 0 Å². The number of ether oxygens (including phenoxy) is 1. The Morgan fingerprint density at radius 2 is 1.53 bits per heavy atom. The molecule has 1 fully saturated rings. The van der Waals surface area contributed by atoms with E-state index in [1.807, 2.05) is 58.0 Å². The van der Waals surface area contributed by atoms with Crippen molar-refractivity contribution < 1.29 is 17.9 Å². The second-order valence-electron chi connectivity index (χ2n) is 7.86. The van der Waals surface area contributed by atoms with Gasteiger partial charge in [0.25, 0.3) is 0 Å². The summed E-state index contributed by atoms with van der Waals surface area (Å²) in [6, 6.07) is 9.49. The molecule has 2 aromatic rings. The number of para-hydroxylation sites is 1. The quantitative estimate of drug-likeness (QED) is 0.731. The first kappa shape index (κ1) is 22.3. The molecule has 6 nitrogen and oxygen atoms in total. The maximum absolute atomic E-state index is 13.4. The zero-order valence-electron chi connectivity index (χ0n) is 18.4. The highest BCUT2D eigenvalue weighted by Crippen LogP contribution is 2.29. The molecule has 7 heteroatoms. The minimum Gasteiger partial charge on any atom is -0.496 e. The molecule has 0 aliphatic carbocycles. The van der Waals surface area contributed by atoms with Crippen LogP contribution in [-0.4, -0.2) is 56.8 Å². The van der Waals surface area contributed by atoms with Gasteiger partial charge in [-0.25, -0.2) is 8.42 Å². The number of methoxy groups -OCH3 is 1. The average molecular weight is 431 g/mol. The smallest absolute Gasteiger partial charge is 0.243 e. The lowest BCUT2D eigenvalue weighted by Gasteiger charge is -2.35. The number of hydrogen-bond acceptors (Lipinski definition) is 4. The van der Waals surface area contributed by atoms with Crippen LogP contribution in [0.2, 0.25) is 0 Å². The maximum Gasteiger partial charge on any atom is 0.243 e. The molecule has 30 heavy (non-hydrogen) atoms. The Morgan fingerprint density at radius 1 is 0.967 bits per heavy atom. The average Bonchev–Trinajstić information content (AvgIpc) is 2.73. The Labute approximate surface area is 179 Å². The van der Waals surface area contributed by atoms with Crippen LogP contribution >= 0.6 is 0 Å². The van der Waals surface area contributed by atoms with Crippen LogP contribution in [0.5, 0.6) is 5.75 Å². The van der Waals surface area contributed by atoms with Crippen molar-refractivity contribution in [2.75, 3.05) is 33.3 Å². The van der Waals surface area contributed by atoms with Crippen molar-refractivity contribution in [2.45, 2.75) is 39.0 Å². The molecule has 1 saturated heterocycles. The number of hydrogen-bond donors (Lipinski definition) is 0. The first-order valence-electron chi connectivity index (χ1n) is 10.1. The van der Waals surface area contributed by atoms with E-state index in [0.29, 0.717) is 36.8 Å². The summed E-state index contributed by atoms with van der Waals surface area (Å²) in [6.07, 6.45) is 0.242. The van der Waals surface area contributed by atoms with Gasteiger partial charge in [-0.1, -0.05) is 24.3 Å². The largest absolute Gasteiger partial charge is 0.496 e. The van der Waals surface area contributed by atoms with Crippen molar-refractivity contribution in [2.24, 2.45) is 0 Å². The van der Waals surface area contributed by atoms with Crippen molar-refractivity contribution in [1.82, 2.24) is 9.21 Å². The molecule has 0 saturated carbocycles. The lowest BCUT2D eigenvalue weighted by molar-refractivity contribution is -0.131. The van der Waals surface area contributed by atoms with Gasteiger partial charge in [0.1, 0.15) is 5.75 Å². The van der Waals surface area contributed by atoms with E-state index in [0.717, 1.165) is 27.8 Å². The van der Waals surface area contributed by atoms with Crippen molar-refractivity contribution in [1.29, 1.82) is 0 Å². The molecule has 0 spiro atoms. The van der Waals surface area contributed by atoms with Crippen molar-refractivity contribution >= 4 is 15.9 Å². The fourth-order valence-electron chi connectivity index (χ4n) is 4.00. The first-order chi connectivity index (χ1) is 14.2. The molecule has 2 aromatic carbocycles. The van der Waals surface area contributed by atoms with Crippen LogP contribution in [0.4, 0.5) is 0 Å². The Balaban J connectivity index is 1.73. The lowest BCUT2D eigenvalue weighted by atomic mass is 10.0. The minimum absolute atomic E-state index is 0.0182. The van der Waals surface area contributed by atoms with Crippen molar-refractivity contribution in [3.63, 3.8) is 0 Å². The van der Waals surface area contributed by atoms with E-state index in [-0.39, 0.29) is 12.3 Å².